The molecule has 0 amide bonds. The number of aliphatic carboxylic acids is 2. The van der Waals surface area contributed by atoms with Crippen LogP contribution in [0.15, 0.2) is 0 Å². The summed E-state index contributed by atoms with van der Waals surface area (Å²) in [5.74, 6) is -3.72. The van der Waals surface area contributed by atoms with Crippen molar-refractivity contribution >= 4 is 70.5 Å². The average molecular weight is 591 g/mol. The number of rotatable bonds is 14. The molecule has 0 saturated carbocycles. The predicted octanol–water partition coefficient (Wildman–Crippen LogP) is -8.40. The number of aliphatic hydroxyl groups excluding tert-OH is 8. The van der Waals surface area contributed by atoms with E-state index in [1.165, 1.54) is 0 Å². The maximum absolute atomic E-state index is 10.2. The molecule has 0 rings (SSSR count). The summed E-state index contributed by atoms with van der Waals surface area (Å²) in [4.78, 5) is 20.4. The molecule has 10 N–H and O–H groups in total. The summed E-state index contributed by atoms with van der Waals surface area (Å²) in [6.07, 6.45) is -17.9. The van der Waals surface area contributed by atoms with Crippen molar-refractivity contribution in [2.24, 2.45) is 0 Å². The van der Waals surface area contributed by atoms with E-state index >= 15 is 0 Å². The van der Waals surface area contributed by atoms with Gasteiger partial charge < -0.3 is 60.2 Å². The number of hydrogen-bond donors (Lipinski definition) is 10. The van der Waals surface area contributed by atoms with Crippen LogP contribution in [0.4, 0.5) is 0 Å². The van der Waals surface area contributed by atoms with Crippen molar-refractivity contribution in [1.82, 2.24) is 0 Å². The van der Waals surface area contributed by atoms with Crippen molar-refractivity contribution < 1.29 is 95.0 Å². The SMILES string of the molecule is O=C(O)[C@H](O)[C@H](O)[C@H](O)[C@@H](O)COS(=O)(=O)[O-].O=C(O)[C@H](O)[C@H](O)[C@H](O)[C@@H](O)COS(=O)(=O)[O-].[Ca+2]. The fraction of sp³-hybridized carbons (Fsp3) is 0.833. The van der Waals surface area contributed by atoms with Crippen LogP contribution in [0.25, 0.3) is 0 Å². The number of hydrogen-bond acceptors (Lipinski definition) is 18. The third-order valence-electron chi connectivity index (χ3n) is 3.41. The van der Waals surface area contributed by atoms with Crippen LogP contribution in [0.3, 0.4) is 0 Å². The molecule has 0 aromatic rings. The van der Waals surface area contributed by atoms with E-state index in [1.807, 2.05) is 0 Å². The van der Waals surface area contributed by atoms with Crippen LogP contribution in [-0.4, -0.2) is 189 Å². The maximum atomic E-state index is 10.2. The molecule has 23 heteroatoms. The molecule has 0 unspecified atom stereocenters. The molecule has 35 heavy (non-hydrogen) atoms. The molecule has 0 aliphatic heterocycles. The summed E-state index contributed by atoms with van der Waals surface area (Å²) < 4.78 is 67.1. The predicted molar refractivity (Wildman–Crippen MR) is 100 cm³/mol. The van der Waals surface area contributed by atoms with Crippen molar-refractivity contribution in [3.05, 3.63) is 0 Å². The van der Waals surface area contributed by atoms with Crippen LogP contribution in [-0.2, 0) is 38.8 Å². The van der Waals surface area contributed by atoms with Gasteiger partial charge in [0.25, 0.3) is 0 Å². The van der Waals surface area contributed by atoms with Crippen LogP contribution in [0, 0.1) is 0 Å². The summed E-state index contributed by atoms with van der Waals surface area (Å²) in [5.41, 5.74) is 0. The second kappa shape index (κ2) is 17.2. The van der Waals surface area contributed by atoms with Gasteiger partial charge >= 0.3 is 49.7 Å². The molecular weight excluding hydrogens is 568 g/mol. The van der Waals surface area contributed by atoms with Crippen LogP contribution in [0.5, 0.6) is 0 Å². The zero-order chi connectivity index (χ0) is 27.6. The van der Waals surface area contributed by atoms with E-state index in [-0.39, 0.29) is 37.7 Å². The number of aliphatic hydroxyl groups is 8. The van der Waals surface area contributed by atoms with Crippen molar-refractivity contribution in [3.63, 3.8) is 0 Å². The van der Waals surface area contributed by atoms with Gasteiger partial charge in [-0.05, 0) is 0 Å². The van der Waals surface area contributed by atoms with Crippen LogP contribution >= 0.6 is 0 Å². The van der Waals surface area contributed by atoms with Gasteiger partial charge in [-0.1, -0.05) is 0 Å². The van der Waals surface area contributed by atoms with Gasteiger partial charge in [0.05, 0.1) is 13.2 Å². The molecule has 0 saturated heterocycles. The quantitative estimate of drug-likeness (QED) is 0.0509. The largest absolute Gasteiger partial charge is 2.00 e. The van der Waals surface area contributed by atoms with Gasteiger partial charge in [-0.2, -0.15) is 0 Å². The van der Waals surface area contributed by atoms with Gasteiger partial charge in [0, 0.05) is 0 Å². The van der Waals surface area contributed by atoms with Crippen molar-refractivity contribution in [1.29, 1.82) is 0 Å². The first kappa shape index (κ1) is 39.1. The summed E-state index contributed by atoms with van der Waals surface area (Å²) in [6.45, 7) is -2.37. The Labute approximate surface area is 226 Å². The van der Waals surface area contributed by atoms with Crippen LogP contribution in [0.1, 0.15) is 0 Å². The Kier molecular flexibility index (Phi) is 19.2. The summed E-state index contributed by atoms with van der Waals surface area (Å²) in [6, 6.07) is 0. The van der Waals surface area contributed by atoms with E-state index in [2.05, 4.69) is 8.37 Å². The van der Waals surface area contributed by atoms with E-state index in [0.29, 0.717) is 0 Å². The van der Waals surface area contributed by atoms with Gasteiger partial charge in [0.2, 0.25) is 20.8 Å². The smallest absolute Gasteiger partial charge is 0.726 e. The van der Waals surface area contributed by atoms with E-state index in [1.54, 1.807) is 0 Å². The Morgan fingerprint density at radius 3 is 1.00 bits per heavy atom. The molecule has 0 fully saturated rings. The van der Waals surface area contributed by atoms with Gasteiger partial charge in [-0.25, -0.2) is 26.4 Å². The Morgan fingerprint density at radius 2 is 0.829 bits per heavy atom. The Balaban J connectivity index is -0.000000569. The molecule has 0 aliphatic rings. The summed E-state index contributed by atoms with van der Waals surface area (Å²) >= 11 is 0. The molecule has 0 radical (unpaired) electrons. The first-order valence-electron chi connectivity index (χ1n) is 8.23. The normalized spacial score (nSPS) is 18.8. The molecule has 0 bridgehead atoms. The third-order valence-corrected chi connectivity index (χ3v) is 4.26. The van der Waals surface area contributed by atoms with Gasteiger partial charge in [-0.3, -0.25) is 8.37 Å². The number of carboxylic acid groups (broad SMARTS) is 2. The maximum Gasteiger partial charge on any atom is 2.00 e. The molecule has 0 aliphatic carbocycles. The van der Waals surface area contributed by atoms with Crippen LogP contribution in [0.2, 0.25) is 0 Å². The molecule has 0 aromatic carbocycles. The minimum atomic E-state index is -5.10. The fourth-order valence-corrected chi connectivity index (χ4v) is 2.24. The third kappa shape index (κ3) is 17.7. The number of carboxylic acids is 2. The van der Waals surface area contributed by atoms with E-state index < -0.39 is 94.8 Å². The molecular formula is C12H22CaO20S2. The van der Waals surface area contributed by atoms with Gasteiger partial charge in [-0.15, -0.1) is 0 Å². The van der Waals surface area contributed by atoms with Crippen molar-refractivity contribution in [3.8, 4) is 0 Å². The second-order valence-electron chi connectivity index (χ2n) is 6.05. The molecule has 20 nitrogen and oxygen atoms in total. The van der Waals surface area contributed by atoms with E-state index in [0.717, 1.165) is 0 Å². The summed E-state index contributed by atoms with van der Waals surface area (Å²) in [5, 5.41) is 88.5. The van der Waals surface area contributed by atoms with E-state index in [4.69, 9.17) is 51.1 Å². The first-order chi connectivity index (χ1) is 15.1. The zero-order valence-corrected chi connectivity index (χ0v) is 21.0. The monoisotopic (exact) mass is 590 g/mol. The van der Waals surface area contributed by atoms with Crippen molar-refractivity contribution in [2.75, 3.05) is 13.2 Å². The van der Waals surface area contributed by atoms with E-state index in [9.17, 15) is 35.5 Å². The molecule has 0 spiro atoms. The van der Waals surface area contributed by atoms with Crippen molar-refractivity contribution in [2.45, 2.75) is 48.8 Å². The molecule has 204 valence electrons. The zero-order valence-electron chi connectivity index (χ0n) is 17.1. The topological polar surface area (TPSA) is 369 Å². The average Bonchev–Trinajstić information content (AvgIpc) is 2.71. The Bertz CT molecular complexity index is 776. The minimum absolute atomic E-state index is 0. The van der Waals surface area contributed by atoms with Gasteiger partial charge in [0.1, 0.15) is 36.6 Å². The minimum Gasteiger partial charge on any atom is -0.726 e. The molecule has 0 heterocycles. The first-order valence-corrected chi connectivity index (χ1v) is 10.9. The second-order valence-corrected chi connectivity index (χ2v) is 8.15. The fourth-order valence-electron chi connectivity index (χ4n) is 1.62. The number of carbonyl (C=O) groups is 2. The van der Waals surface area contributed by atoms with Crippen LogP contribution < -0.4 is 0 Å². The summed E-state index contributed by atoms with van der Waals surface area (Å²) in [7, 11) is -10.2. The molecule has 8 atom stereocenters. The van der Waals surface area contributed by atoms with Gasteiger partial charge in [0.15, 0.2) is 12.2 Å². The Hall–Kier alpha value is -0.380. The standard InChI is InChI=1S/2C6H12O10S.Ca/c2*7-2(1-16-17(13,14)15)3(8)4(9)5(10)6(11)12;/h2*2-5,7-10H,1H2,(H,11,12)(H,13,14,15);/q;;+2/p-2/t2*2-,3+,4+,5+;/m00./s1. The Morgan fingerprint density at radius 1 is 0.600 bits per heavy atom. The molecule has 0 aromatic heterocycles.